The Morgan fingerprint density at radius 2 is 2.06 bits per heavy atom. The van der Waals surface area contributed by atoms with E-state index in [-0.39, 0.29) is 12.4 Å². The number of ether oxygens (including phenoxy) is 1. The topological polar surface area (TPSA) is 105 Å². The van der Waals surface area contributed by atoms with Crippen molar-refractivity contribution in [2.24, 2.45) is 0 Å². The summed E-state index contributed by atoms with van der Waals surface area (Å²) in [5, 5.41) is 15.6. The zero-order valence-electron chi connectivity index (χ0n) is 16.2. The number of anilines is 3. The first-order valence-corrected chi connectivity index (χ1v) is 10.5. The van der Waals surface area contributed by atoms with Crippen LogP contribution < -0.4 is 10.2 Å². The van der Waals surface area contributed by atoms with Crippen LogP contribution in [0.15, 0.2) is 45.6 Å². The number of thiophene rings is 1. The molecule has 31 heavy (non-hydrogen) atoms. The zero-order valence-corrected chi connectivity index (χ0v) is 17.9. The number of nitrogens with one attached hydrogen (secondary N) is 2. The molecule has 0 aromatic carbocycles. The smallest absolute Gasteiger partial charge is 0.231 e. The molecule has 158 valence electrons. The third kappa shape index (κ3) is 3.58. The van der Waals surface area contributed by atoms with Gasteiger partial charge < -0.3 is 19.4 Å². The highest BCUT2D eigenvalue weighted by Gasteiger charge is 2.22. The first kappa shape index (κ1) is 19.7. The van der Waals surface area contributed by atoms with Crippen LogP contribution in [0.25, 0.3) is 33.5 Å². The minimum absolute atomic E-state index is 0. The molecule has 5 aromatic heterocycles. The van der Waals surface area contributed by atoms with Gasteiger partial charge in [0.2, 0.25) is 11.7 Å². The summed E-state index contributed by atoms with van der Waals surface area (Å²) in [5.74, 6) is 1.84. The maximum Gasteiger partial charge on any atom is 0.231 e. The standard InChI is InChI=1S/C20H17N7O2S.ClH/c1-2-13-16-17(29-19(13)21-4-1)18(27-5-7-28-8-6-27)24-20(23-16)22-15-10-14(25-26-15)12-3-9-30-11-12;/h1-4,9-11H,5-8H2,(H2,22,23,24,25,26);1H. The number of nitrogens with zero attached hydrogens (tertiary/aromatic N) is 5. The van der Waals surface area contributed by atoms with Gasteiger partial charge in [0.05, 0.1) is 24.3 Å². The maximum atomic E-state index is 6.03. The number of halogens is 1. The molecule has 1 fully saturated rings. The Morgan fingerprint density at radius 3 is 2.90 bits per heavy atom. The van der Waals surface area contributed by atoms with Crippen LogP contribution in [-0.4, -0.2) is 51.5 Å². The molecule has 0 atom stereocenters. The highest BCUT2D eigenvalue weighted by Crippen LogP contribution is 2.34. The number of aromatic amines is 1. The van der Waals surface area contributed by atoms with Crippen LogP contribution in [0.2, 0.25) is 0 Å². The third-order valence-electron chi connectivity index (χ3n) is 5.03. The number of hydrogen-bond donors (Lipinski definition) is 2. The average Bonchev–Trinajstić information content (AvgIpc) is 3.54. The van der Waals surface area contributed by atoms with Gasteiger partial charge in [0.25, 0.3) is 0 Å². The van der Waals surface area contributed by atoms with E-state index in [1.54, 1.807) is 17.5 Å². The van der Waals surface area contributed by atoms with E-state index in [4.69, 9.17) is 19.1 Å². The van der Waals surface area contributed by atoms with Gasteiger partial charge in [-0.1, -0.05) is 0 Å². The molecule has 2 N–H and O–H groups in total. The van der Waals surface area contributed by atoms with Gasteiger partial charge in [0.15, 0.2) is 17.2 Å². The summed E-state index contributed by atoms with van der Waals surface area (Å²) in [6.07, 6.45) is 1.71. The van der Waals surface area contributed by atoms with Crippen LogP contribution in [-0.2, 0) is 4.74 Å². The lowest BCUT2D eigenvalue weighted by atomic mass is 10.2. The molecule has 5 aromatic rings. The number of furan rings is 1. The van der Waals surface area contributed by atoms with E-state index < -0.39 is 0 Å². The second-order valence-corrected chi connectivity index (χ2v) is 7.69. The molecule has 1 aliphatic rings. The van der Waals surface area contributed by atoms with Crippen molar-refractivity contribution in [3.05, 3.63) is 41.2 Å². The van der Waals surface area contributed by atoms with Crippen molar-refractivity contribution in [2.75, 3.05) is 36.5 Å². The number of rotatable bonds is 4. The lowest BCUT2D eigenvalue weighted by Gasteiger charge is -2.27. The highest BCUT2D eigenvalue weighted by atomic mass is 35.5. The van der Waals surface area contributed by atoms with E-state index in [0.29, 0.717) is 36.3 Å². The molecular weight excluding hydrogens is 438 g/mol. The summed E-state index contributed by atoms with van der Waals surface area (Å²) in [5.41, 5.74) is 3.94. The summed E-state index contributed by atoms with van der Waals surface area (Å²) in [7, 11) is 0. The van der Waals surface area contributed by atoms with Crippen LogP contribution in [0.1, 0.15) is 0 Å². The summed E-state index contributed by atoms with van der Waals surface area (Å²) in [4.78, 5) is 16.0. The van der Waals surface area contributed by atoms with Crippen LogP contribution >= 0.6 is 23.7 Å². The lowest BCUT2D eigenvalue weighted by molar-refractivity contribution is 0.122. The molecule has 6 rings (SSSR count). The fourth-order valence-corrected chi connectivity index (χ4v) is 4.23. The van der Waals surface area contributed by atoms with Crippen molar-refractivity contribution in [3.63, 3.8) is 0 Å². The predicted octanol–water partition coefficient (Wildman–Crippen LogP) is 4.22. The van der Waals surface area contributed by atoms with Crippen LogP contribution in [0.5, 0.6) is 0 Å². The van der Waals surface area contributed by atoms with Crippen molar-refractivity contribution < 1.29 is 9.15 Å². The van der Waals surface area contributed by atoms with Gasteiger partial charge in [-0.3, -0.25) is 5.10 Å². The van der Waals surface area contributed by atoms with Crippen molar-refractivity contribution >= 4 is 63.5 Å². The minimum Gasteiger partial charge on any atom is -0.432 e. The number of morpholine rings is 1. The fraction of sp³-hybridized carbons (Fsp3) is 0.200. The van der Waals surface area contributed by atoms with Crippen LogP contribution in [0.3, 0.4) is 0 Å². The molecule has 1 aliphatic heterocycles. The summed E-state index contributed by atoms with van der Waals surface area (Å²) in [6, 6.07) is 7.82. The molecule has 11 heteroatoms. The number of pyridine rings is 1. The Labute approximate surface area is 186 Å². The Hall–Kier alpha value is -3.21. The van der Waals surface area contributed by atoms with Gasteiger partial charge >= 0.3 is 0 Å². The van der Waals surface area contributed by atoms with Crippen molar-refractivity contribution in [2.45, 2.75) is 0 Å². The molecule has 6 heterocycles. The fourth-order valence-electron chi connectivity index (χ4n) is 3.58. The molecule has 9 nitrogen and oxygen atoms in total. The monoisotopic (exact) mass is 455 g/mol. The molecule has 0 unspecified atom stereocenters. The first-order chi connectivity index (χ1) is 14.8. The summed E-state index contributed by atoms with van der Waals surface area (Å²) in [6.45, 7) is 2.77. The molecular formula is C20H18ClN7O2S. The van der Waals surface area contributed by atoms with E-state index in [1.807, 2.05) is 29.6 Å². The number of H-pyrrole nitrogens is 1. The summed E-state index contributed by atoms with van der Waals surface area (Å²) >= 11 is 1.64. The molecule has 0 aliphatic carbocycles. The Bertz CT molecular complexity index is 1330. The first-order valence-electron chi connectivity index (χ1n) is 9.58. The van der Waals surface area contributed by atoms with Crippen LogP contribution in [0.4, 0.5) is 17.6 Å². The molecule has 0 amide bonds. The Morgan fingerprint density at radius 1 is 1.16 bits per heavy atom. The average molecular weight is 456 g/mol. The van der Waals surface area contributed by atoms with Gasteiger partial charge in [-0.25, -0.2) is 9.97 Å². The van der Waals surface area contributed by atoms with Crippen molar-refractivity contribution in [3.8, 4) is 11.3 Å². The lowest BCUT2D eigenvalue weighted by Crippen LogP contribution is -2.37. The second-order valence-electron chi connectivity index (χ2n) is 6.91. The number of hydrogen-bond acceptors (Lipinski definition) is 9. The van der Waals surface area contributed by atoms with Gasteiger partial charge in [-0.05, 0) is 23.6 Å². The molecule has 0 spiro atoms. The van der Waals surface area contributed by atoms with Crippen molar-refractivity contribution in [1.82, 2.24) is 25.1 Å². The number of fused-ring (bicyclic) bond motifs is 3. The zero-order chi connectivity index (χ0) is 19.9. The second kappa shape index (κ2) is 8.14. The van der Waals surface area contributed by atoms with Crippen molar-refractivity contribution in [1.29, 1.82) is 0 Å². The minimum atomic E-state index is 0. The van der Waals surface area contributed by atoms with E-state index in [9.17, 15) is 0 Å². The Kier molecular flexibility index (Phi) is 5.18. The predicted molar refractivity (Wildman–Crippen MR) is 123 cm³/mol. The third-order valence-corrected chi connectivity index (χ3v) is 5.72. The molecule has 0 saturated carbocycles. The largest absolute Gasteiger partial charge is 0.432 e. The molecule has 1 saturated heterocycles. The van der Waals surface area contributed by atoms with Gasteiger partial charge in [-0.2, -0.15) is 21.4 Å². The summed E-state index contributed by atoms with van der Waals surface area (Å²) < 4.78 is 11.5. The quantitative estimate of drug-likeness (QED) is 0.415. The van der Waals surface area contributed by atoms with Gasteiger partial charge in [-0.15, -0.1) is 12.4 Å². The van der Waals surface area contributed by atoms with Gasteiger partial charge in [0.1, 0.15) is 5.52 Å². The Balaban J connectivity index is 0.00000204. The van der Waals surface area contributed by atoms with E-state index >= 15 is 0 Å². The molecule has 0 bridgehead atoms. The SMILES string of the molecule is Cl.c1cnc2oc3c(N4CCOCC4)nc(Nc4cc(-c5ccsc5)[nH]n4)nc3c2c1. The molecule has 0 radical (unpaired) electrons. The van der Waals surface area contributed by atoms with Crippen LogP contribution in [0, 0.1) is 0 Å². The number of aromatic nitrogens is 5. The van der Waals surface area contributed by atoms with E-state index in [1.165, 1.54) is 0 Å². The maximum absolute atomic E-state index is 6.03. The van der Waals surface area contributed by atoms with Gasteiger partial charge in [0, 0.05) is 36.3 Å². The normalized spacial score (nSPS) is 14.1. The van der Waals surface area contributed by atoms with E-state index in [2.05, 4.69) is 30.8 Å². The van der Waals surface area contributed by atoms with E-state index in [0.717, 1.165) is 41.1 Å². The highest BCUT2D eigenvalue weighted by molar-refractivity contribution is 7.08.